The molecule has 1 aromatic heterocycles. The predicted molar refractivity (Wildman–Crippen MR) is 141 cm³/mol. The van der Waals surface area contributed by atoms with E-state index in [4.69, 9.17) is 0 Å². The average molecular weight is 468 g/mol. The van der Waals surface area contributed by atoms with Crippen molar-refractivity contribution in [3.63, 3.8) is 0 Å². The molecule has 6 heteroatoms. The van der Waals surface area contributed by atoms with Gasteiger partial charge in [0.05, 0.1) is 12.1 Å². The van der Waals surface area contributed by atoms with Gasteiger partial charge in [-0.1, -0.05) is 72.8 Å². The highest BCUT2D eigenvalue weighted by Gasteiger charge is 2.22. The molecule has 35 heavy (non-hydrogen) atoms. The predicted octanol–water partition coefficient (Wildman–Crippen LogP) is 4.29. The SMILES string of the molecule is Cc1c(C#N)c(NC(=O)CN2CCN(CC=Cc3ccccc3)CC2)n(Cc2ccccc2)c1C. The number of aromatic nitrogens is 1. The molecule has 0 bridgehead atoms. The molecule has 1 amide bonds. The lowest BCUT2D eigenvalue weighted by Gasteiger charge is -2.33. The van der Waals surface area contributed by atoms with Gasteiger partial charge in [0.25, 0.3) is 0 Å². The Kier molecular flexibility index (Phi) is 8.15. The average Bonchev–Trinajstić information content (AvgIpc) is 3.10. The minimum Gasteiger partial charge on any atom is -0.326 e. The van der Waals surface area contributed by atoms with E-state index in [0.29, 0.717) is 24.5 Å². The van der Waals surface area contributed by atoms with Gasteiger partial charge in [-0.3, -0.25) is 14.6 Å². The smallest absolute Gasteiger partial charge is 0.239 e. The Labute approximate surface area is 208 Å². The lowest BCUT2D eigenvalue weighted by molar-refractivity contribution is -0.117. The van der Waals surface area contributed by atoms with Gasteiger partial charge in [0.1, 0.15) is 11.9 Å². The summed E-state index contributed by atoms with van der Waals surface area (Å²) in [6.07, 6.45) is 4.35. The zero-order valence-corrected chi connectivity index (χ0v) is 20.6. The third-order valence-corrected chi connectivity index (χ3v) is 6.69. The normalized spacial score (nSPS) is 14.8. The molecular weight excluding hydrogens is 434 g/mol. The third-order valence-electron chi connectivity index (χ3n) is 6.69. The molecule has 0 radical (unpaired) electrons. The van der Waals surface area contributed by atoms with E-state index in [1.54, 1.807) is 0 Å². The molecule has 1 fully saturated rings. The van der Waals surface area contributed by atoms with Gasteiger partial charge >= 0.3 is 0 Å². The van der Waals surface area contributed by atoms with E-state index >= 15 is 0 Å². The number of hydrogen-bond acceptors (Lipinski definition) is 4. The third kappa shape index (κ3) is 6.27. The number of nitrogens with one attached hydrogen (secondary N) is 1. The van der Waals surface area contributed by atoms with E-state index < -0.39 is 0 Å². The van der Waals surface area contributed by atoms with Crippen molar-refractivity contribution in [2.45, 2.75) is 20.4 Å². The summed E-state index contributed by atoms with van der Waals surface area (Å²) in [5.41, 5.74) is 4.79. The number of piperazine rings is 1. The molecule has 2 heterocycles. The summed E-state index contributed by atoms with van der Waals surface area (Å²) in [5.74, 6) is 0.520. The van der Waals surface area contributed by atoms with Crippen LogP contribution in [0, 0.1) is 25.2 Å². The zero-order chi connectivity index (χ0) is 24.6. The number of carbonyl (C=O) groups excluding carboxylic acids is 1. The molecule has 1 saturated heterocycles. The molecular formula is C29H33N5O. The van der Waals surface area contributed by atoms with Crippen molar-refractivity contribution in [2.24, 2.45) is 0 Å². The van der Waals surface area contributed by atoms with Crippen molar-refractivity contribution in [3.8, 4) is 6.07 Å². The van der Waals surface area contributed by atoms with Crippen molar-refractivity contribution in [1.29, 1.82) is 5.26 Å². The molecule has 4 rings (SSSR count). The largest absolute Gasteiger partial charge is 0.326 e. The number of anilines is 1. The van der Waals surface area contributed by atoms with Crippen molar-refractivity contribution in [1.82, 2.24) is 14.4 Å². The lowest BCUT2D eigenvalue weighted by Crippen LogP contribution is -2.48. The van der Waals surface area contributed by atoms with Crippen LogP contribution in [0.4, 0.5) is 5.82 Å². The van der Waals surface area contributed by atoms with E-state index in [1.807, 2.05) is 54.8 Å². The lowest BCUT2D eigenvalue weighted by atomic mass is 10.2. The van der Waals surface area contributed by atoms with Crippen LogP contribution >= 0.6 is 0 Å². The monoisotopic (exact) mass is 467 g/mol. The Bertz CT molecular complexity index is 1200. The van der Waals surface area contributed by atoms with Crippen molar-refractivity contribution < 1.29 is 4.79 Å². The maximum atomic E-state index is 13.0. The molecule has 180 valence electrons. The van der Waals surface area contributed by atoms with Gasteiger partial charge in [-0.05, 0) is 30.5 Å². The van der Waals surface area contributed by atoms with Crippen LogP contribution in [0.15, 0.2) is 66.7 Å². The van der Waals surface area contributed by atoms with Crippen molar-refractivity contribution >= 4 is 17.8 Å². The van der Waals surface area contributed by atoms with Gasteiger partial charge in [0.15, 0.2) is 0 Å². The van der Waals surface area contributed by atoms with Gasteiger partial charge in [-0.15, -0.1) is 0 Å². The van der Waals surface area contributed by atoms with Crippen LogP contribution in [0.5, 0.6) is 0 Å². The Hall–Kier alpha value is -3.66. The van der Waals surface area contributed by atoms with Crippen LogP contribution in [0.25, 0.3) is 6.08 Å². The second-order valence-corrected chi connectivity index (χ2v) is 9.06. The maximum absolute atomic E-state index is 13.0. The fourth-order valence-corrected chi connectivity index (χ4v) is 4.50. The molecule has 0 saturated carbocycles. The first-order valence-electron chi connectivity index (χ1n) is 12.1. The molecule has 1 aliphatic heterocycles. The van der Waals surface area contributed by atoms with Gasteiger partial charge in [-0.2, -0.15) is 5.26 Å². The van der Waals surface area contributed by atoms with E-state index in [1.165, 1.54) is 5.56 Å². The zero-order valence-electron chi connectivity index (χ0n) is 20.6. The molecule has 0 aliphatic carbocycles. The van der Waals surface area contributed by atoms with Crippen molar-refractivity contribution in [2.75, 3.05) is 44.6 Å². The highest BCUT2D eigenvalue weighted by molar-refractivity contribution is 5.93. The summed E-state index contributed by atoms with van der Waals surface area (Å²) in [6.45, 7) is 9.34. The van der Waals surface area contributed by atoms with Crippen LogP contribution in [-0.2, 0) is 11.3 Å². The topological polar surface area (TPSA) is 64.3 Å². The molecule has 0 atom stereocenters. The number of rotatable bonds is 8. The molecule has 0 spiro atoms. The summed E-state index contributed by atoms with van der Waals surface area (Å²) >= 11 is 0. The Morgan fingerprint density at radius 2 is 1.60 bits per heavy atom. The Morgan fingerprint density at radius 1 is 0.971 bits per heavy atom. The number of amides is 1. The first-order chi connectivity index (χ1) is 17.0. The van der Waals surface area contributed by atoms with E-state index in [2.05, 4.69) is 57.6 Å². The number of nitriles is 1. The number of nitrogens with zero attached hydrogens (tertiary/aromatic N) is 4. The minimum absolute atomic E-state index is 0.0780. The summed E-state index contributed by atoms with van der Waals surface area (Å²) in [6, 6.07) is 22.7. The molecule has 6 nitrogen and oxygen atoms in total. The second kappa shape index (κ2) is 11.7. The number of benzene rings is 2. The van der Waals surface area contributed by atoms with Crippen LogP contribution in [0.1, 0.15) is 27.9 Å². The minimum atomic E-state index is -0.0780. The highest BCUT2D eigenvalue weighted by atomic mass is 16.2. The van der Waals surface area contributed by atoms with Crippen molar-refractivity contribution in [3.05, 3.63) is 94.7 Å². The fourth-order valence-electron chi connectivity index (χ4n) is 4.50. The summed E-state index contributed by atoms with van der Waals surface area (Å²) in [4.78, 5) is 17.6. The summed E-state index contributed by atoms with van der Waals surface area (Å²) < 4.78 is 2.04. The Morgan fingerprint density at radius 3 is 2.26 bits per heavy atom. The van der Waals surface area contributed by atoms with Gasteiger partial charge < -0.3 is 9.88 Å². The molecule has 1 N–H and O–H groups in total. The first kappa shape index (κ1) is 24.5. The van der Waals surface area contributed by atoms with Gasteiger partial charge in [0, 0.05) is 45.0 Å². The molecule has 0 unspecified atom stereocenters. The van der Waals surface area contributed by atoms with E-state index in [-0.39, 0.29) is 5.91 Å². The fraction of sp³-hybridized carbons (Fsp3) is 0.310. The second-order valence-electron chi connectivity index (χ2n) is 9.06. The van der Waals surface area contributed by atoms with Gasteiger partial charge in [0.2, 0.25) is 5.91 Å². The van der Waals surface area contributed by atoms with Gasteiger partial charge in [-0.25, -0.2) is 0 Å². The Balaban J connectivity index is 1.33. The van der Waals surface area contributed by atoms with Crippen LogP contribution in [0.2, 0.25) is 0 Å². The molecule has 2 aromatic carbocycles. The maximum Gasteiger partial charge on any atom is 0.239 e. The highest BCUT2D eigenvalue weighted by Crippen LogP contribution is 2.27. The first-order valence-corrected chi connectivity index (χ1v) is 12.1. The number of hydrogen-bond donors (Lipinski definition) is 1. The van der Waals surface area contributed by atoms with Crippen LogP contribution in [-0.4, -0.2) is 59.5 Å². The molecule has 1 aliphatic rings. The van der Waals surface area contributed by atoms with E-state index in [9.17, 15) is 10.1 Å². The van der Waals surface area contributed by atoms with E-state index in [0.717, 1.165) is 49.5 Å². The summed E-state index contributed by atoms with van der Waals surface area (Å²) in [5, 5.41) is 12.8. The quantitative estimate of drug-likeness (QED) is 0.537. The van der Waals surface area contributed by atoms with Crippen LogP contribution in [0.3, 0.4) is 0 Å². The van der Waals surface area contributed by atoms with Crippen LogP contribution < -0.4 is 5.32 Å². The summed E-state index contributed by atoms with van der Waals surface area (Å²) in [7, 11) is 0. The standard InChI is InChI=1S/C29H33N5O/c1-23-24(2)34(21-26-12-7-4-8-13-26)29(27(23)20-30)31-28(35)22-33-18-16-32(17-19-33)15-9-14-25-10-5-3-6-11-25/h3-14H,15-19,21-22H2,1-2H3,(H,31,35). The molecule has 3 aromatic rings. The number of carbonyl (C=O) groups is 1.